The third kappa shape index (κ3) is 7.11. The summed E-state index contributed by atoms with van der Waals surface area (Å²) >= 11 is 0. The van der Waals surface area contributed by atoms with Crippen molar-refractivity contribution in [2.75, 3.05) is 6.16 Å². The summed E-state index contributed by atoms with van der Waals surface area (Å²) in [4.78, 5) is 13.8. The van der Waals surface area contributed by atoms with E-state index in [4.69, 9.17) is 4.52 Å². The Labute approximate surface area is 225 Å². The molecule has 0 aliphatic heterocycles. The molecular formula is C34H47O2P. The zero-order chi connectivity index (χ0) is 26.3. The van der Waals surface area contributed by atoms with Gasteiger partial charge in [0.05, 0.1) is 0 Å². The quantitative estimate of drug-likeness (QED) is 0.132. The first-order valence-electron chi connectivity index (χ1n) is 14.6. The van der Waals surface area contributed by atoms with E-state index in [2.05, 4.69) is 105 Å². The van der Waals surface area contributed by atoms with Crippen LogP contribution in [0, 0.1) is 0 Å². The van der Waals surface area contributed by atoms with E-state index in [1.165, 1.54) is 44.9 Å². The molecule has 3 aromatic carbocycles. The summed E-state index contributed by atoms with van der Waals surface area (Å²) in [6.45, 7) is 0.942. The van der Waals surface area contributed by atoms with Gasteiger partial charge < -0.3 is 0 Å². The van der Waals surface area contributed by atoms with Crippen molar-refractivity contribution >= 4 is 28.7 Å². The Morgan fingerprint density at radius 3 is 1.35 bits per heavy atom. The SMILES string of the molecule is CCCCCCCCCC(=O)OP(CCCCCC)(c1ccccc1)(c1ccccc1)c1ccccc1. The van der Waals surface area contributed by atoms with E-state index in [1.54, 1.807) is 0 Å². The second-order valence-corrected chi connectivity index (χ2v) is 14.9. The van der Waals surface area contributed by atoms with Crippen LogP contribution in [0.5, 0.6) is 0 Å². The molecule has 0 unspecified atom stereocenters. The fourth-order valence-electron chi connectivity index (χ4n) is 5.61. The first kappa shape index (κ1) is 29.1. The van der Waals surface area contributed by atoms with Crippen LogP contribution in [0.2, 0.25) is 0 Å². The van der Waals surface area contributed by atoms with E-state index in [-0.39, 0.29) is 5.97 Å². The minimum atomic E-state index is -3.55. The standard InChI is InChI=1S/C34H47O2P/c1-3-5-7-9-10-11-21-29-34(35)36-37(30-22-8-6-4-2,31-23-15-12-16-24-31,32-25-17-13-18-26-32)33-27-19-14-20-28-33/h12-20,23-28H,3-11,21-22,29-30H2,1-2H3. The number of hydrogen-bond donors (Lipinski definition) is 0. The first-order valence-corrected chi connectivity index (χ1v) is 16.9. The van der Waals surface area contributed by atoms with Crippen LogP contribution in [-0.2, 0) is 9.32 Å². The van der Waals surface area contributed by atoms with Gasteiger partial charge in [-0.05, 0) is 0 Å². The Hall–Kier alpha value is -2.44. The second-order valence-electron chi connectivity index (χ2n) is 10.3. The maximum atomic E-state index is 13.8. The molecule has 0 saturated heterocycles. The van der Waals surface area contributed by atoms with Crippen molar-refractivity contribution in [2.45, 2.75) is 90.9 Å². The van der Waals surface area contributed by atoms with Crippen LogP contribution in [0.4, 0.5) is 0 Å². The molecule has 3 rings (SSSR count). The van der Waals surface area contributed by atoms with Crippen LogP contribution in [-0.4, -0.2) is 12.1 Å². The molecule has 0 radical (unpaired) electrons. The molecule has 0 aliphatic rings. The normalized spacial score (nSPS) is 12.5. The van der Waals surface area contributed by atoms with Gasteiger partial charge in [-0.15, -0.1) is 0 Å². The summed E-state index contributed by atoms with van der Waals surface area (Å²) in [5.41, 5.74) is 0. The Morgan fingerprint density at radius 2 is 0.919 bits per heavy atom. The summed E-state index contributed by atoms with van der Waals surface area (Å²) in [5.74, 6) is -0.0572. The van der Waals surface area contributed by atoms with E-state index in [1.807, 2.05) is 0 Å². The Morgan fingerprint density at radius 1 is 0.541 bits per heavy atom. The van der Waals surface area contributed by atoms with Crippen molar-refractivity contribution in [3.8, 4) is 0 Å². The van der Waals surface area contributed by atoms with Crippen LogP contribution in [0.1, 0.15) is 90.9 Å². The van der Waals surface area contributed by atoms with Gasteiger partial charge in [0.25, 0.3) is 0 Å². The fourth-order valence-corrected chi connectivity index (χ4v) is 11.5. The summed E-state index contributed by atoms with van der Waals surface area (Å²) in [6.07, 6.45) is 14.2. The van der Waals surface area contributed by atoms with E-state index in [0.717, 1.165) is 47.8 Å². The number of rotatable bonds is 17. The van der Waals surface area contributed by atoms with Gasteiger partial charge in [0.2, 0.25) is 0 Å². The van der Waals surface area contributed by atoms with Crippen LogP contribution in [0.3, 0.4) is 0 Å². The van der Waals surface area contributed by atoms with Crippen molar-refractivity contribution in [1.82, 2.24) is 0 Å². The second kappa shape index (κ2) is 15.1. The molecule has 0 atom stereocenters. The van der Waals surface area contributed by atoms with Crippen molar-refractivity contribution in [3.63, 3.8) is 0 Å². The topological polar surface area (TPSA) is 26.3 Å². The van der Waals surface area contributed by atoms with Gasteiger partial charge in [0, 0.05) is 0 Å². The predicted molar refractivity (Wildman–Crippen MR) is 163 cm³/mol. The summed E-state index contributed by atoms with van der Waals surface area (Å²) < 4.78 is 7.10. The molecule has 0 heterocycles. The molecule has 0 N–H and O–H groups in total. The summed E-state index contributed by atoms with van der Waals surface area (Å²) in [6, 6.07) is 31.9. The van der Waals surface area contributed by atoms with Crippen LogP contribution in [0.15, 0.2) is 91.0 Å². The van der Waals surface area contributed by atoms with E-state index < -0.39 is 6.83 Å². The number of unbranched alkanes of at least 4 members (excludes halogenated alkanes) is 9. The molecular weight excluding hydrogens is 471 g/mol. The summed E-state index contributed by atoms with van der Waals surface area (Å²) in [7, 11) is 0. The minimum absolute atomic E-state index is 0.0572. The molecule has 0 saturated carbocycles. The van der Waals surface area contributed by atoms with Gasteiger partial charge in [0.1, 0.15) is 0 Å². The zero-order valence-electron chi connectivity index (χ0n) is 23.1. The maximum absolute atomic E-state index is 13.8. The molecule has 0 spiro atoms. The molecule has 0 aliphatic carbocycles. The zero-order valence-corrected chi connectivity index (χ0v) is 24.0. The van der Waals surface area contributed by atoms with E-state index in [9.17, 15) is 4.79 Å². The van der Waals surface area contributed by atoms with Crippen LogP contribution < -0.4 is 15.9 Å². The molecule has 0 aromatic heterocycles. The van der Waals surface area contributed by atoms with Crippen LogP contribution >= 0.6 is 6.83 Å². The Kier molecular flexibility index (Phi) is 11.9. The summed E-state index contributed by atoms with van der Waals surface area (Å²) in [5, 5.41) is 3.45. The average Bonchev–Trinajstić information content (AvgIpc) is 2.96. The van der Waals surface area contributed by atoms with E-state index >= 15 is 0 Å². The Bertz CT molecular complexity index is 934. The van der Waals surface area contributed by atoms with Crippen molar-refractivity contribution in [3.05, 3.63) is 91.0 Å². The number of carbonyl (C=O) groups is 1. The molecule has 0 fully saturated rings. The van der Waals surface area contributed by atoms with Crippen LogP contribution in [0.25, 0.3) is 0 Å². The molecule has 2 nitrogen and oxygen atoms in total. The molecule has 0 bridgehead atoms. The van der Waals surface area contributed by atoms with Gasteiger partial charge in [-0.3, -0.25) is 0 Å². The Balaban J connectivity index is 2.05. The molecule has 3 heteroatoms. The molecule has 0 amide bonds. The van der Waals surface area contributed by atoms with Gasteiger partial charge in [-0.1, -0.05) is 0 Å². The molecule has 200 valence electrons. The number of benzene rings is 3. The van der Waals surface area contributed by atoms with Gasteiger partial charge in [-0.2, -0.15) is 0 Å². The van der Waals surface area contributed by atoms with Gasteiger partial charge >= 0.3 is 226 Å². The number of hydrogen-bond acceptors (Lipinski definition) is 2. The van der Waals surface area contributed by atoms with Gasteiger partial charge in [-0.25, -0.2) is 0 Å². The third-order valence-electron chi connectivity index (χ3n) is 7.63. The van der Waals surface area contributed by atoms with Crippen molar-refractivity contribution in [1.29, 1.82) is 0 Å². The van der Waals surface area contributed by atoms with Crippen molar-refractivity contribution < 1.29 is 9.32 Å². The number of carbonyl (C=O) groups excluding carboxylic acids is 1. The molecule has 3 aromatic rings. The predicted octanol–water partition coefficient (Wildman–Crippen LogP) is 8.70. The molecule has 37 heavy (non-hydrogen) atoms. The fraction of sp³-hybridized carbons (Fsp3) is 0.441. The van der Waals surface area contributed by atoms with Gasteiger partial charge in [0.15, 0.2) is 0 Å². The average molecular weight is 519 g/mol. The van der Waals surface area contributed by atoms with E-state index in [0.29, 0.717) is 6.42 Å². The third-order valence-corrected chi connectivity index (χ3v) is 13.6. The monoisotopic (exact) mass is 518 g/mol. The van der Waals surface area contributed by atoms with Crippen molar-refractivity contribution in [2.24, 2.45) is 0 Å². The first-order chi connectivity index (χ1) is 18.2.